The second kappa shape index (κ2) is 7.60. The quantitative estimate of drug-likeness (QED) is 0.499. The minimum absolute atomic E-state index is 0.121. The van der Waals surface area contributed by atoms with Gasteiger partial charge in [0.1, 0.15) is 17.6 Å². The van der Waals surface area contributed by atoms with Crippen molar-refractivity contribution in [1.29, 1.82) is 0 Å². The predicted octanol–water partition coefficient (Wildman–Crippen LogP) is 3.28. The summed E-state index contributed by atoms with van der Waals surface area (Å²) in [5.41, 5.74) is 3.12. The van der Waals surface area contributed by atoms with Crippen LogP contribution in [-0.4, -0.2) is 39.4 Å². The minimum Gasteiger partial charge on any atom is -0.497 e. The van der Waals surface area contributed by atoms with Crippen LogP contribution in [-0.2, 0) is 17.9 Å². The molecular formula is C21H19N5O4. The van der Waals surface area contributed by atoms with Gasteiger partial charge in [-0.2, -0.15) is 4.98 Å². The molecule has 4 aromatic rings. The van der Waals surface area contributed by atoms with Gasteiger partial charge in [-0.05, 0) is 29.8 Å². The Kier molecular flexibility index (Phi) is 4.64. The van der Waals surface area contributed by atoms with E-state index in [0.29, 0.717) is 36.3 Å². The summed E-state index contributed by atoms with van der Waals surface area (Å²) in [6.07, 6.45) is -0.121. The number of ether oxygens (including phenoxy) is 3. The summed E-state index contributed by atoms with van der Waals surface area (Å²) in [6.45, 7) is 0.883. The molecule has 30 heavy (non-hydrogen) atoms. The van der Waals surface area contributed by atoms with Gasteiger partial charge in [0.05, 0.1) is 38.6 Å². The summed E-state index contributed by atoms with van der Waals surface area (Å²) in [6, 6.07) is 15.3. The van der Waals surface area contributed by atoms with Gasteiger partial charge in [-0.3, -0.25) is 0 Å². The standard InChI is InChI=1S/C21H19N5O4/c1-27-14-9-7-13(8-10-14)18-11-26-16(12-29-18)19(23-25-26)21-22-20(24-30-21)15-5-3-4-6-17(15)28-2/h3-10,18H,11-12H2,1-2H3/t18-/m1/s1. The van der Waals surface area contributed by atoms with E-state index in [1.165, 1.54) is 0 Å². The minimum atomic E-state index is -0.121. The van der Waals surface area contributed by atoms with Crippen LogP contribution >= 0.6 is 0 Å². The van der Waals surface area contributed by atoms with Gasteiger partial charge in [-0.25, -0.2) is 4.68 Å². The molecule has 9 heteroatoms. The summed E-state index contributed by atoms with van der Waals surface area (Å²) in [5.74, 6) is 2.20. The molecule has 0 fully saturated rings. The van der Waals surface area contributed by atoms with Crippen molar-refractivity contribution in [3.8, 4) is 34.5 Å². The van der Waals surface area contributed by atoms with Gasteiger partial charge in [-0.1, -0.05) is 34.6 Å². The van der Waals surface area contributed by atoms with Crippen molar-refractivity contribution in [1.82, 2.24) is 25.1 Å². The highest BCUT2D eigenvalue weighted by Crippen LogP contribution is 2.33. The number of fused-ring (bicyclic) bond motifs is 1. The average Bonchev–Trinajstić information content (AvgIpc) is 3.45. The Morgan fingerprint density at radius 3 is 2.67 bits per heavy atom. The smallest absolute Gasteiger partial charge is 0.280 e. The van der Waals surface area contributed by atoms with Gasteiger partial charge in [0, 0.05) is 0 Å². The van der Waals surface area contributed by atoms with Crippen LogP contribution < -0.4 is 9.47 Å². The lowest BCUT2D eigenvalue weighted by molar-refractivity contribution is -0.00119. The van der Waals surface area contributed by atoms with Gasteiger partial charge < -0.3 is 18.7 Å². The van der Waals surface area contributed by atoms with Crippen molar-refractivity contribution in [2.45, 2.75) is 19.3 Å². The van der Waals surface area contributed by atoms with Crippen LogP contribution in [0.4, 0.5) is 0 Å². The number of nitrogens with zero attached hydrogens (tertiary/aromatic N) is 5. The number of methoxy groups -OCH3 is 2. The largest absolute Gasteiger partial charge is 0.497 e. The van der Waals surface area contributed by atoms with Gasteiger partial charge in [-0.15, -0.1) is 5.10 Å². The van der Waals surface area contributed by atoms with Crippen LogP contribution in [0.3, 0.4) is 0 Å². The topological polar surface area (TPSA) is 97.3 Å². The molecule has 0 saturated heterocycles. The third-order valence-corrected chi connectivity index (χ3v) is 5.06. The highest BCUT2D eigenvalue weighted by atomic mass is 16.5. The molecule has 0 unspecified atom stereocenters. The van der Waals surface area contributed by atoms with Crippen LogP contribution in [0.2, 0.25) is 0 Å². The van der Waals surface area contributed by atoms with E-state index < -0.39 is 0 Å². The Labute approximate surface area is 172 Å². The van der Waals surface area contributed by atoms with Crippen molar-refractivity contribution >= 4 is 0 Å². The van der Waals surface area contributed by atoms with E-state index in [9.17, 15) is 0 Å². The summed E-state index contributed by atoms with van der Waals surface area (Å²) < 4.78 is 23.9. The van der Waals surface area contributed by atoms with Crippen molar-refractivity contribution in [2.24, 2.45) is 0 Å². The first-order chi connectivity index (χ1) is 14.8. The zero-order chi connectivity index (χ0) is 20.5. The molecule has 9 nitrogen and oxygen atoms in total. The molecule has 0 saturated carbocycles. The van der Waals surface area contributed by atoms with Crippen molar-refractivity contribution in [3.05, 3.63) is 59.8 Å². The molecule has 2 aromatic carbocycles. The Balaban J connectivity index is 1.40. The van der Waals surface area contributed by atoms with Crippen LogP contribution in [0.25, 0.3) is 23.0 Å². The molecule has 2 aromatic heterocycles. The van der Waals surface area contributed by atoms with Crippen molar-refractivity contribution in [2.75, 3.05) is 14.2 Å². The summed E-state index contributed by atoms with van der Waals surface area (Å²) in [5, 5.41) is 12.6. The van der Waals surface area contributed by atoms with Crippen molar-refractivity contribution < 1.29 is 18.7 Å². The zero-order valence-electron chi connectivity index (χ0n) is 16.5. The monoisotopic (exact) mass is 405 g/mol. The van der Waals surface area contributed by atoms with E-state index in [2.05, 4.69) is 20.5 Å². The van der Waals surface area contributed by atoms with Gasteiger partial charge in [0.15, 0.2) is 5.69 Å². The molecule has 1 atom stereocenters. The van der Waals surface area contributed by atoms with Crippen LogP contribution in [0.15, 0.2) is 53.1 Å². The number of benzene rings is 2. The molecule has 0 radical (unpaired) electrons. The molecule has 1 aliphatic rings. The second-order valence-electron chi connectivity index (χ2n) is 6.76. The Morgan fingerprint density at radius 2 is 1.87 bits per heavy atom. The predicted molar refractivity (Wildman–Crippen MR) is 106 cm³/mol. The van der Waals surface area contributed by atoms with Gasteiger partial charge >= 0.3 is 0 Å². The SMILES string of the molecule is COc1ccc([C@H]2Cn3nnc(-c4nc(-c5ccccc5OC)no4)c3CO2)cc1. The van der Waals surface area contributed by atoms with E-state index in [4.69, 9.17) is 18.7 Å². The molecule has 0 aliphatic carbocycles. The Hall–Kier alpha value is -3.72. The normalized spacial score (nSPS) is 15.6. The van der Waals surface area contributed by atoms with E-state index in [-0.39, 0.29) is 6.10 Å². The lowest BCUT2D eigenvalue weighted by Gasteiger charge is -2.24. The maximum Gasteiger partial charge on any atom is 0.280 e. The molecule has 5 rings (SSSR count). The number of hydrogen-bond acceptors (Lipinski definition) is 8. The average molecular weight is 405 g/mol. The van der Waals surface area contributed by atoms with E-state index in [1.807, 2.05) is 53.2 Å². The number of aromatic nitrogens is 5. The lowest BCUT2D eigenvalue weighted by Crippen LogP contribution is -2.22. The Morgan fingerprint density at radius 1 is 1.03 bits per heavy atom. The van der Waals surface area contributed by atoms with Gasteiger partial charge in [0.2, 0.25) is 5.82 Å². The first-order valence-corrected chi connectivity index (χ1v) is 9.42. The van der Waals surface area contributed by atoms with E-state index in [0.717, 1.165) is 22.6 Å². The number of rotatable bonds is 5. The second-order valence-corrected chi connectivity index (χ2v) is 6.76. The number of para-hydroxylation sites is 1. The maximum absolute atomic E-state index is 6.06. The summed E-state index contributed by atoms with van der Waals surface area (Å²) >= 11 is 0. The third-order valence-electron chi connectivity index (χ3n) is 5.06. The summed E-state index contributed by atoms with van der Waals surface area (Å²) in [4.78, 5) is 4.49. The van der Waals surface area contributed by atoms with Gasteiger partial charge in [0.25, 0.3) is 5.89 Å². The molecule has 0 spiro atoms. The molecule has 0 N–H and O–H groups in total. The molecule has 0 bridgehead atoms. The number of hydrogen-bond donors (Lipinski definition) is 0. The third kappa shape index (κ3) is 3.18. The van der Waals surface area contributed by atoms with Crippen molar-refractivity contribution in [3.63, 3.8) is 0 Å². The molecule has 3 heterocycles. The van der Waals surface area contributed by atoms with Crippen LogP contribution in [0, 0.1) is 0 Å². The highest BCUT2D eigenvalue weighted by molar-refractivity contribution is 5.65. The molecule has 1 aliphatic heterocycles. The fraction of sp³-hybridized carbons (Fsp3) is 0.238. The Bertz CT molecular complexity index is 1170. The fourth-order valence-electron chi connectivity index (χ4n) is 3.46. The van der Waals surface area contributed by atoms with Crippen LogP contribution in [0.1, 0.15) is 17.4 Å². The van der Waals surface area contributed by atoms with E-state index in [1.54, 1.807) is 14.2 Å². The summed E-state index contributed by atoms with van der Waals surface area (Å²) in [7, 11) is 3.25. The molecule has 0 amide bonds. The highest BCUT2D eigenvalue weighted by Gasteiger charge is 2.28. The fourth-order valence-corrected chi connectivity index (χ4v) is 3.46. The first kappa shape index (κ1) is 18.3. The van der Waals surface area contributed by atoms with E-state index >= 15 is 0 Å². The maximum atomic E-state index is 6.06. The molecular weight excluding hydrogens is 386 g/mol. The van der Waals surface area contributed by atoms with Crippen LogP contribution in [0.5, 0.6) is 11.5 Å². The zero-order valence-corrected chi connectivity index (χ0v) is 16.5. The first-order valence-electron chi connectivity index (χ1n) is 9.42. The molecule has 152 valence electrons. The lowest BCUT2D eigenvalue weighted by atomic mass is 10.1.